The van der Waals surface area contributed by atoms with Crippen molar-refractivity contribution >= 4 is 17.2 Å². The summed E-state index contributed by atoms with van der Waals surface area (Å²) in [6.07, 6.45) is 2.22. The highest BCUT2D eigenvalue weighted by atomic mass is 32.1. The first kappa shape index (κ1) is 14.1. The summed E-state index contributed by atoms with van der Waals surface area (Å²) in [7, 11) is 0. The van der Waals surface area contributed by atoms with Crippen LogP contribution in [0.2, 0.25) is 0 Å². The van der Waals surface area contributed by atoms with Crippen molar-refractivity contribution in [1.82, 2.24) is 5.32 Å². The van der Waals surface area contributed by atoms with Crippen LogP contribution in [0.4, 0.5) is 0 Å². The van der Waals surface area contributed by atoms with Gasteiger partial charge in [0.15, 0.2) is 0 Å². The van der Waals surface area contributed by atoms with Crippen molar-refractivity contribution in [3.8, 4) is 5.75 Å². The SMILES string of the molecule is Cc1cccc(OCc2csc(C(=O)NC3CC3)c2)c1C. The molecule has 1 aromatic heterocycles. The van der Waals surface area contributed by atoms with Crippen LogP contribution < -0.4 is 10.1 Å². The van der Waals surface area contributed by atoms with Crippen molar-refractivity contribution in [2.24, 2.45) is 0 Å². The molecule has 0 unspecified atom stereocenters. The van der Waals surface area contributed by atoms with Crippen LogP contribution in [0.1, 0.15) is 39.2 Å². The van der Waals surface area contributed by atoms with Crippen LogP contribution in [0.25, 0.3) is 0 Å². The van der Waals surface area contributed by atoms with Crippen molar-refractivity contribution in [2.75, 3.05) is 0 Å². The highest BCUT2D eigenvalue weighted by Crippen LogP contribution is 2.24. The molecule has 3 nitrogen and oxygen atoms in total. The molecule has 1 aromatic carbocycles. The highest BCUT2D eigenvalue weighted by Gasteiger charge is 2.24. The molecule has 0 aliphatic heterocycles. The number of aryl methyl sites for hydroxylation is 1. The lowest BCUT2D eigenvalue weighted by Crippen LogP contribution is -2.24. The predicted molar refractivity (Wildman–Crippen MR) is 85.1 cm³/mol. The van der Waals surface area contributed by atoms with Gasteiger partial charge in [-0.3, -0.25) is 4.79 Å². The maximum Gasteiger partial charge on any atom is 0.261 e. The van der Waals surface area contributed by atoms with Gasteiger partial charge in [0.05, 0.1) is 4.88 Å². The zero-order valence-electron chi connectivity index (χ0n) is 12.3. The molecule has 0 atom stereocenters. The van der Waals surface area contributed by atoms with Crippen LogP contribution in [0.3, 0.4) is 0 Å². The summed E-state index contributed by atoms with van der Waals surface area (Å²) in [5.41, 5.74) is 3.43. The van der Waals surface area contributed by atoms with Gasteiger partial charge in [-0.05, 0) is 55.3 Å². The van der Waals surface area contributed by atoms with E-state index in [1.807, 2.05) is 23.6 Å². The van der Waals surface area contributed by atoms with Crippen molar-refractivity contribution in [3.05, 3.63) is 51.2 Å². The minimum absolute atomic E-state index is 0.0421. The Morgan fingerprint density at radius 3 is 2.95 bits per heavy atom. The van der Waals surface area contributed by atoms with Crippen LogP contribution >= 0.6 is 11.3 Å². The van der Waals surface area contributed by atoms with Crippen molar-refractivity contribution in [2.45, 2.75) is 39.3 Å². The molecule has 1 heterocycles. The molecule has 4 heteroatoms. The molecule has 1 aliphatic carbocycles. The topological polar surface area (TPSA) is 38.3 Å². The third-order valence-electron chi connectivity index (χ3n) is 3.74. The third-order valence-corrected chi connectivity index (χ3v) is 4.72. The third kappa shape index (κ3) is 3.45. The first-order chi connectivity index (χ1) is 10.1. The van der Waals surface area contributed by atoms with Gasteiger partial charge >= 0.3 is 0 Å². The molecule has 1 saturated carbocycles. The Morgan fingerprint density at radius 1 is 1.38 bits per heavy atom. The van der Waals surface area contributed by atoms with Gasteiger partial charge in [-0.1, -0.05) is 12.1 Å². The van der Waals surface area contributed by atoms with E-state index in [-0.39, 0.29) is 5.91 Å². The van der Waals surface area contributed by atoms with E-state index in [4.69, 9.17) is 4.74 Å². The largest absolute Gasteiger partial charge is 0.489 e. The average molecular weight is 301 g/mol. The monoisotopic (exact) mass is 301 g/mol. The van der Waals surface area contributed by atoms with E-state index in [0.29, 0.717) is 12.6 Å². The smallest absolute Gasteiger partial charge is 0.261 e. The van der Waals surface area contributed by atoms with E-state index in [0.717, 1.165) is 29.0 Å². The summed E-state index contributed by atoms with van der Waals surface area (Å²) in [4.78, 5) is 12.7. The Labute approximate surface area is 129 Å². The number of ether oxygens (including phenoxy) is 1. The van der Waals surface area contributed by atoms with Crippen LogP contribution in [0.5, 0.6) is 5.75 Å². The first-order valence-corrected chi connectivity index (χ1v) is 8.09. The number of carbonyl (C=O) groups excluding carboxylic acids is 1. The standard InChI is InChI=1S/C17H19NO2S/c1-11-4-3-5-15(12(11)2)20-9-13-8-16(21-10-13)17(19)18-14-6-7-14/h3-5,8,10,14H,6-7,9H2,1-2H3,(H,18,19). The van der Waals surface area contributed by atoms with Gasteiger partial charge in [0.2, 0.25) is 0 Å². The van der Waals surface area contributed by atoms with Crippen LogP contribution in [-0.2, 0) is 6.61 Å². The Hall–Kier alpha value is -1.81. The van der Waals surface area contributed by atoms with Gasteiger partial charge in [-0.15, -0.1) is 11.3 Å². The Morgan fingerprint density at radius 2 is 2.19 bits per heavy atom. The Bertz CT molecular complexity index is 659. The van der Waals surface area contributed by atoms with E-state index < -0.39 is 0 Å². The van der Waals surface area contributed by atoms with Gasteiger partial charge in [-0.25, -0.2) is 0 Å². The molecule has 1 amide bonds. The Balaban J connectivity index is 1.61. The van der Waals surface area contributed by atoms with Crippen molar-refractivity contribution in [1.29, 1.82) is 0 Å². The van der Waals surface area contributed by atoms with Gasteiger partial charge in [0.25, 0.3) is 5.91 Å². The number of hydrogen-bond donors (Lipinski definition) is 1. The van der Waals surface area contributed by atoms with Crippen molar-refractivity contribution in [3.63, 3.8) is 0 Å². The zero-order chi connectivity index (χ0) is 14.8. The van der Waals surface area contributed by atoms with Crippen molar-refractivity contribution < 1.29 is 9.53 Å². The quantitative estimate of drug-likeness (QED) is 0.911. The molecule has 1 fully saturated rings. The fourth-order valence-electron chi connectivity index (χ4n) is 2.10. The lowest BCUT2D eigenvalue weighted by molar-refractivity contribution is 0.0955. The number of nitrogens with one attached hydrogen (secondary N) is 1. The molecule has 110 valence electrons. The molecular formula is C17H19NO2S. The molecule has 0 spiro atoms. The molecule has 0 radical (unpaired) electrons. The summed E-state index contributed by atoms with van der Waals surface area (Å²) < 4.78 is 5.87. The van der Waals surface area contributed by atoms with Gasteiger partial charge < -0.3 is 10.1 Å². The summed E-state index contributed by atoms with van der Waals surface area (Å²) in [5, 5.41) is 5.00. The molecular weight excluding hydrogens is 282 g/mol. The second kappa shape index (κ2) is 5.90. The highest BCUT2D eigenvalue weighted by molar-refractivity contribution is 7.12. The van der Waals surface area contributed by atoms with Crippen LogP contribution in [0.15, 0.2) is 29.6 Å². The predicted octanol–water partition coefficient (Wildman–Crippen LogP) is 3.84. The maximum atomic E-state index is 11.9. The van der Waals surface area contributed by atoms with E-state index in [1.54, 1.807) is 0 Å². The zero-order valence-corrected chi connectivity index (χ0v) is 13.1. The number of amides is 1. The molecule has 1 N–H and O–H groups in total. The lowest BCUT2D eigenvalue weighted by Gasteiger charge is -2.09. The molecule has 0 saturated heterocycles. The molecule has 21 heavy (non-hydrogen) atoms. The van der Waals surface area contributed by atoms with Gasteiger partial charge in [-0.2, -0.15) is 0 Å². The molecule has 3 rings (SSSR count). The molecule has 1 aliphatic rings. The number of rotatable bonds is 5. The first-order valence-electron chi connectivity index (χ1n) is 7.21. The van der Waals surface area contributed by atoms with E-state index in [1.165, 1.54) is 22.5 Å². The van der Waals surface area contributed by atoms with E-state index in [2.05, 4.69) is 25.2 Å². The lowest BCUT2D eigenvalue weighted by atomic mass is 10.1. The molecule has 0 bridgehead atoms. The fraction of sp³-hybridized carbons (Fsp3) is 0.353. The van der Waals surface area contributed by atoms with Crippen LogP contribution in [0, 0.1) is 13.8 Å². The molecule has 2 aromatic rings. The van der Waals surface area contributed by atoms with Gasteiger partial charge in [0.1, 0.15) is 12.4 Å². The summed E-state index contributed by atoms with van der Waals surface area (Å²) >= 11 is 1.48. The number of thiophene rings is 1. The summed E-state index contributed by atoms with van der Waals surface area (Å²) in [5.74, 6) is 0.950. The maximum absolute atomic E-state index is 11.9. The van der Waals surface area contributed by atoms with Gasteiger partial charge in [0, 0.05) is 11.6 Å². The Kier molecular flexibility index (Phi) is 3.97. The van der Waals surface area contributed by atoms with E-state index >= 15 is 0 Å². The number of benzene rings is 1. The second-order valence-electron chi connectivity index (χ2n) is 5.55. The average Bonchev–Trinajstić information content (AvgIpc) is 3.15. The number of hydrogen-bond acceptors (Lipinski definition) is 3. The number of carbonyl (C=O) groups is 1. The minimum Gasteiger partial charge on any atom is -0.489 e. The summed E-state index contributed by atoms with van der Waals surface area (Å²) in [6, 6.07) is 8.38. The minimum atomic E-state index is 0.0421. The van der Waals surface area contributed by atoms with Crippen LogP contribution in [-0.4, -0.2) is 11.9 Å². The van der Waals surface area contributed by atoms with E-state index in [9.17, 15) is 4.79 Å². The second-order valence-corrected chi connectivity index (χ2v) is 6.46. The normalized spacial score (nSPS) is 14.0. The summed E-state index contributed by atoms with van der Waals surface area (Å²) in [6.45, 7) is 4.64. The fourth-order valence-corrected chi connectivity index (χ4v) is 2.90.